The molecule has 2 aromatic carbocycles. The third kappa shape index (κ3) is 5.28. The highest BCUT2D eigenvalue weighted by Gasteiger charge is 2.21. The number of nitrogens with zero attached hydrogens (tertiary/aromatic N) is 2. The van der Waals surface area contributed by atoms with Crippen LogP contribution in [0.25, 0.3) is 6.08 Å². The maximum Gasteiger partial charge on any atom is 0.250 e. The van der Waals surface area contributed by atoms with E-state index >= 15 is 0 Å². The molecule has 3 rings (SSSR count). The summed E-state index contributed by atoms with van der Waals surface area (Å²) in [4.78, 5) is 11.9. The molecule has 9 heteroatoms. The van der Waals surface area contributed by atoms with Crippen LogP contribution in [0.15, 0.2) is 65.0 Å². The zero-order valence-corrected chi connectivity index (χ0v) is 15.5. The summed E-state index contributed by atoms with van der Waals surface area (Å²) >= 11 is 0.762. The largest absolute Gasteiger partial charge is 0.297 e. The third-order valence-corrected chi connectivity index (χ3v) is 6.37. The van der Waals surface area contributed by atoms with Crippen molar-refractivity contribution in [1.29, 1.82) is 0 Å². The van der Waals surface area contributed by atoms with Crippen LogP contribution in [0, 0.1) is 5.82 Å². The summed E-state index contributed by atoms with van der Waals surface area (Å²) in [6.07, 6.45) is 2.95. The summed E-state index contributed by atoms with van der Waals surface area (Å²) < 4.78 is 37.5. The first-order valence-electron chi connectivity index (χ1n) is 7.77. The Hall–Kier alpha value is -2.91. The number of anilines is 1. The van der Waals surface area contributed by atoms with Crippen molar-refractivity contribution in [1.82, 2.24) is 10.2 Å². The minimum absolute atomic E-state index is 0.0791. The molecule has 0 saturated heterocycles. The topological polar surface area (TPSA) is 89.0 Å². The molecule has 0 radical (unpaired) electrons. The number of rotatable bonds is 6. The van der Waals surface area contributed by atoms with Crippen LogP contribution in [-0.2, 0) is 20.4 Å². The lowest BCUT2D eigenvalue weighted by atomic mass is 10.2. The van der Waals surface area contributed by atoms with Gasteiger partial charge in [-0.3, -0.25) is 10.1 Å². The molecule has 138 valence electrons. The fourth-order valence-corrected chi connectivity index (χ4v) is 4.45. The number of sulfone groups is 1. The van der Waals surface area contributed by atoms with Gasteiger partial charge < -0.3 is 0 Å². The van der Waals surface area contributed by atoms with Crippen molar-refractivity contribution in [3.63, 3.8) is 0 Å². The van der Waals surface area contributed by atoms with Crippen LogP contribution in [0.4, 0.5) is 9.52 Å². The molecule has 0 aliphatic heterocycles. The van der Waals surface area contributed by atoms with Gasteiger partial charge >= 0.3 is 0 Å². The van der Waals surface area contributed by atoms with Crippen LogP contribution in [-0.4, -0.2) is 24.5 Å². The van der Waals surface area contributed by atoms with Gasteiger partial charge in [-0.05, 0) is 29.3 Å². The highest BCUT2D eigenvalue weighted by molar-refractivity contribution is 7.92. The zero-order valence-electron chi connectivity index (χ0n) is 13.9. The maximum atomic E-state index is 12.9. The van der Waals surface area contributed by atoms with Gasteiger partial charge in [0.25, 0.3) is 0 Å². The lowest BCUT2D eigenvalue weighted by Gasteiger charge is -2.00. The second kappa shape index (κ2) is 8.19. The van der Waals surface area contributed by atoms with Gasteiger partial charge in [-0.1, -0.05) is 53.8 Å². The van der Waals surface area contributed by atoms with Crippen LogP contribution < -0.4 is 5.32 Å². The number of carbonyl (C=O) groups is 1. The van der Waals surface area contributed by atoms with Crippen molar-refractivity contribution < 1.29 is 17.6 Å². The molecule has 0 atom stereocenters. The summed E-state index contributed by atoms with van der Waals surface area (Å²) in [5, 5.41) is 9.90. The minimum Gasteiger partial charge on any atom is -0.297 e. The molecule has 0 saturated carbocycles. The van der Waals surface area contributed by atoms with Crippen molar-refractivity contribution in [2.75, 3.05) is 5.32 Å². The summed E-state index contributed by atoms with van der Waals surface area (Å²) in [6.45, 7) is 0. The van der Waals surface area contributed by atoms with E-state index < -0.39 is 21.6 Å². The van der Waals surface area contributed by atoms with Crippen LogP contribution in [0.5, 0.6) is 0 Å². The number of benzene rings is 2. The molecule has 0 spiro atoms. The first-order valence-corrected chi connectivity index (χ1v) is 10.2. The minimum atomic E-state index is -3.74. The molecule has 0 bridgehead atoms. The third-order valence-electron chi connectivity index (χ3n) is 3.40. The van der Waals surface area contributed by atoms with E-state index in [0.717, 1.165) is 16.9 Å². The molecule has 1 aromatic heterocycles. The van der Waals surface area contributed by atoms with E-state index in [9.17, 15) is 17.6 Å². The standard InChI is InChI=1S/C18H14FN3O3S2/c19-15-9-6-14(7-10-15)12-27(24,25)18-22-21-17(26-18)20-16(23)11-8-13-4-2-1-3-5-13/h1-11H,12H2,(H,20,21,23). The first kappa shape index (κ1) is 18.9. The Bertz CT molecular complexity index is 1060. The molecule has 3 aromatic rings. The van der Waals surface area contributed by atoms with Gasteiger partial charge in [0.05, 0.1) is 5.75 Å². The summed E-state index contributed by atoms with van der Waals surface area (Å²) in [5.74, 6) is -1.22. The average Bonchev–Trinajstić information content (AvgIpc) is 3.12. The lowest BCUT2D eigenvalue weighted by Crippen LogP contribution is -2.07. The molecule has 0 aliphatic rings. The second-order valence-electron chi connectivity index (χ2n) is 5.49. The van der Waals surface area contributed by atoms with E-state index in [1.54, 1.807) is 6.08 Å². The number of nitrogens with one attached hydrogen (secondary N) is 1. The van der Waals surface area contributed by atoms with E-state index in [-0.39, 0.29) is 15.2 Å². The summed E-state index contributed by atoms with van der Waals surface area (Å²) in [6, 6.07) is 14.4. The normalized spacial score (nSPS) is 11.6. The van der Waals surface area contributed by atoms with Crippen molar-refractivity contribution in [2.24, 2.45) is 0 Å². The summed E-state index contributed by atoms with van der Waals surface area (Å²) in [5.41, 5.74) is 1.29. The quantitative estimate of drug-likeness (QED) is 0.504. The van der Waals surface area contributed by atoms with Gasteiger partial charge in [-0.2, -0.15) is 0 Å². The number of carbonyl (C=O) groups excluding carboxylic acids is 1. The number of halogens is 1. The Balaban J connectivity index is 1.65. The molecular weight excluding hydrogens is 389 g/mol. The number of hydrogen-bond acceptors (Lipinski definition) is 6. The van der Waals surface area contributed by atoms with Gasteiger partial charge in [-0.15, -0.1) is 10.2 Å². The maximum absolute atomic E-state index is 12.9. The highest BCUT2D eigenvalue weighted by atomic mass is 32.2. The van der Waals surface area contributed by atoms with E-state index in [4.69, 9.17) is 0 Å². The van der Waals surface area contributed by atoms with Gasteiger partial charge in [0.2, 0.25) is 25.2 Å². The number of aromatic nitrogens is 2. The predicted molar refractivity (Wildman–Crippen MR) is 101 cm³/mol. The van der Waals surface area contributed by atoms with Gasteiger partial charge in [0.15, 0.2) is 0 Å². The van der Waals surface area contributed by atoms with Crippen molar-refractivity contribution in [2.45, 2.75) is 10.1 Å². The SMILES string of the molecule is O=C(C=Cc1ccccc1)Nc1nnc(S(=O)(=O)Cc2ccc(F)cc2)s1. The Kier molecular flexibility index (Phi) is 5.72. The monoisotopic (exact) mass is 403 g/mol. The van der Waals surface area contributed by atoms with E-state index in [1.165, 1.54) is 30.3 Å². The number of amides is 1. The Morgan fingerprint density at radius 2 is 1.78 bits per heavy atom. The van der Waals surface area contributed by atoms with Crippen LogP contribution >= 0.6 is 11.3 Å². The Morgan fingerprint density at radius 1 is 1.07 bits per heavy atom. The van der Waals surface area contributed by atoms with E-state index in [2.05, 4.69) is 15.5 Å². The molecule has 0 aliphatic carbocycles. The Morgan fingerprint density at radius 3 is 2.48 bits per heavy atom. The van der Waals surface area contributed by atoms with Crippen molar-refractivity contribution in [3.8, 4) is 0 Å². The van der Waals surface area contributed by atoms with Crippen LogP contribution in [0.2, 0.25) is 0 Å². The van der Waals surface area contributed by atoms with Gasteiger partial charge in [0.1, 0.15) is 5.82 Å². The summed E-state index contributed by atoms with van der Waals surface area (Å²) in [7, 11) is -3.74. The zero-order chi connectivity index (χ0) is 19.3. The molecule has 1 amide bonds. The second-order valence-corrected chi connectivity index (χ2v) is 8.63. The molecule has 0 unspecified atom stereocenters. The van der Waals surface area contributed by atoms with Crippen molar-refractivity contribution >= 4 is 38.3 Å². The molecule has 1 heterocycles. The van der Waals surface area contributed by atoms with Crippen LogP contribution in [0.3, 0.4) is 0 Å². The lowest BCUT2D eigenvalue weighted by molar-refractivity contribution is -0.111. The molecule has 1 N–H and O–H groups in total. The van der Waals surface area contributed by atoms with Gasteiger partial charge in [-0.25, -0.2) is 12.8 Å². The fraction of sp³-hybridized carbons (Fsp3) is 0.0556. The predicted octanol–water partition coefficient (Wildman–Crippen LogP) is 3.30. The van der Waals surface area contributed by atoms with E-state index in [1.807, 2.05) is 30.3 Å². The molecule has 6 nitrogen and oxygen atoms in total. The molecular formula is C18H14FN3O3S2. The van der Waals surface area contributed by atoms with Gasteiger partial charge in [0, 0.05) is 6.08 Å². The first-order chi connectivity index (χ1) is 12.9. The molecule has 27 heavy (non-hydrogen) atoms. The van der Waals surface area contributed by atoms with Crippen LogP contribution in [0.1, 0.15) is 11.1 Å². The fourth-order valence-electron chi connectivity index (χ4n) is 2.13. The highest BCUT2D eigenvalue weighted by Crippen LogP contribution is 2.23. The average molecular weight is 403 g/mol. The number of hydrogen-bond donors (Lipinski definition) is 1. The Labute approximate surface area is 159 Å². The smallest absolute Gasteiger partial charge is 0.250 e. The van der Waals surface area contributed by atoms with Crippen molar-refractivity contribution in [3.05, 3.63) is 77.6 Å². The molecule has 0 fully saturated rings. The van der Waals surface area contributed by atoms with E-state index in [0.29, 0.717) is 5.56 Å².